The SMILES string of the molecule is Brc1ccc2c(c1)C(c1ccccc1)(c1ccccc1)c1cc(C3C=CC4C(C3)c3cc(C5=CC=CCC5)ccc3N4c3ccc4ccccc4c3)ccc1-2. The molecule has 1 heterocycles. The van der Waals surface area contributed by atoms with Crippen LogP contribution in [-0.4, -0.2) is 6.04 Å². The Balaban J connectivity index is 1.06. The van der Waals surface area contributed by atoms with E-state index in [0.717, 1.165) is 23.7 Å². The number of halogens is 1. The lowest BCUT2D eigenvalue weighted by atomic mass is 9.67. The average Bonchev–Trinajstić information content (AvgIpc) is 3.73. The molecule has 0 aromatic heterocycles. The lowest BCUT2D eigenvalue weighted by Gasteiger charge is -2.35. The van der Waals surface area contributed by atoms with Crippen molar-refractivity contribution in [2.24, 2.45) is 0 Å². The highest BCUT2D eigenvalue weighted by atomic mass is 79.9. The van der Waals surface area contributed by atoms with Gasteiger partial charge >= 0.3 is 0 Å². The Morgan fingerprint density at radius 1 is 0.618 bits per heavy atom. The number of hydrogen-bond donors (Lipinski definition) is 0. The first-order valence-corrected chi connectivity index (χ1v) is 20.5. The van der Waals surface area contributed by atoms with E-state index < -0.39 is 5.41 Å². The summed E-state index contributed by atoms with van der Waals surface area (Å²) in [6, 6.07) is 59.8. The monoisotopic (exact) mass is 769 g/mol. The molecule has 1 aliphatic heterocycles. The Morgan fingerprint density at radius 3 is 2.11 bits per heavy atom. The van der Waals surface area contributed by atoms with Crippen LogP contribution in [0.2, 0.25) is 0 Å². The summed E-state index contributed by atoms with van der Waals surface area (Å²) in [5.74, 6) is 0.654. The van der Waals surface area contributed by atoms with E-state index in [2.05, 4.69) is 209 Å². The molecule has 0 saturated heterocycles. The summed E-state index contributed by atoms with van der Waals surface area (Å²) in [6.45, 7) is 0. The zero-order valence-corrected chi connectivity index (χ0v) is 32.2. The van der Waals surface area contributed by atoms with Crippen LogP contribution in [0, 0.1) is 0 Å². The van der Waals surface area contributed by atoms with E-state index in [1.54, 1.807) is 0 Å². The molecule has 3 atom stereocenters. The summed E-state index contributed by atoms with van der Waals surface area (Å²) in [6.07, 6.45) is 15.1. The zero-order valence-electron chi connectivity index (χ0n) is 30.6. The molecule has 0 N–H and O–H groups in total. The predicted octanol–water partition coefficient (Wildman–Crippen LogP) is 14.0. The van der Waals surface area contributed by atoms with Gasteiger partial charge in [0.2, 0.25) is 0 Å². The van der Waals surface area contributed by atoms with Crippen molar-refractivity contribution in [3.05, 3.63) is 232 Å². The van der Waals surface area contributed by atoms with Crippen LogP contribution in [0.15, 0.2) is 193 Å². The quantitative estimate of drug-likeness (QED) is 0.158. The Kier molecular flexibility index (Phi) is 7.71. The third kappa shape index (κ3) is 5.11. The molecular formula is C53H40BrN. The second-order valence-corrected chi connectivity index (χ2v) is 16.6. The van der Waals surface area contributed by atoms with Crippen molar-refractivity contribution >= 4 is 43.7 Å². The third-order valence-electron chi connectivity index (χ3n) is 12.8. The van der Waals surface area contributed by atoms with E-state index in [4.69, 9.17) is 0 Å². The smallest absolute Gasteiger partial charge is 0.0714 e. The fourth-order valence-corrected chi connectivity index (χ4v) is 10.7. The fraction of sp³-hybridized carbons (Fsp3) is 0.132. The Labute approximate surface area is 332 Å². The molecule has 0 spiro atoms. The highest BCUT2D eigenvalue weighted by Gasteiger charge is 2.47. The summed E-state index contributed by atoms with van der Waals surface area (Å²) in [4.78, 5) is 2.62. The van der Waals surface area contributed by atoms with Gasteiger partial charge in [-0.25, -0.2) is 0 Å². The second-order valence-electron chi connectivity index (χ2n) is 15.6. The van der Waals surface area contributed by atoms with E-state index in [0.29, 0.717) is 5.92 Å². The van der Waals surface area contributed by atoms with E-state index in [1.165, 1.54) is 77.8 Å². The Hall–Kier alpha value is -5.70. The molecular weight excluding hydrogens is 730 g/mol. The molecule has 0 bridgehead atoms. The first-order chi connectivity index (χ1) is 27.2. The van der Waals surface area contributed by atoms with Crippen molar-refractivity contribution in [2.75, 3.05) is 4.90 Å². The summed E-state index contributed by atoms with van der Waals surface area (Å²) in [5.41, 5.74) is 15.8. The van der Waals surface area contributed by atoms with Crippen LogP contribution in [0.1, 0.15) is 70.0 Å². The number of nitrogens with zero attached hydrogens (tertiary/aromatic N) is 1. The maximum atomic E-state index is 3.87. The summed E-state index contributed by atoms with van der Waals surface area (Å²) < 4.78 is 1.10. The van der Waals surface area contributed by atoms with Gasteiger partial charge in [0.05, 0.1) is 11.5 Å². The predicted molar refractivity (Wildman–Crippen MR) is 233 cm³/mol. The highest BCUT2D eigenvalue weighted by molar-refractivity contribution is 9.10. The third-order valence-corrected chi connectivity index (χ3v) is 13.3. The minimum atomic E-state index is -0.433. The maximum absolute atomic E-state index is 3.87. The van der Waals surface area contributed by atoms with Gasteiger partial charge < -0.3 is 4.90 Å². The van der Waals surface area contributed by atoms with Gasteiger partial charge in [0.25, 0.3) is 0 Å². The molecule has 0 radical (unpaired) electrons. The van der Waals surface area contributed by atoms with Gasteiger partial charge in [-0.2, -0.15) is 0 Å². The van der Waals surface area contributed by atoms with Gasteiger partial charge in [-0.3, -0.25) is 0 Å². The molecule has 0 saturated carbocycles. The molecule has 7 aromatic carbocycles. The van der Waals surface area contributed by atoms with Gasteiger partial charge in [0, 0.05) is 27.7 Å². The fourth-order valence-electron chi connectivity index (χ4n) is 10.3. The molecule has 4 aliphatic rings. The lowest BCUT2D eigenvalue weighted by molar-refractivity contribution is 0.532. The second kappa shape index (κ2) is 13.0. The first kappa shape index (κ1) is 32.7. The van der Waals surface area contributed by atoms with E-state index in [-0.39, 0.29) is 12.0 Å². The van der Waals surface area contributed by atoms with Crippen LogP contribution >= 0.6 is 15.9 Å². The largest absolute Gasteiger partial charge is 0.334 e. The molecule has 264 valence electrons. The van der Waals surface area contributed by atoms with E-state index >= 15 is 0 Å². The summed E-state index contributed by atoms with van der Waals surface area (Å²) in [5, 5.41) is 2.56. The van der Waals surface area contributed by atoms with Crippen LogP contribution in [0.25, 0.3) is 27.5 Å². The van der Waals surface area contributed by atoms with Gasteiger partial charge in [0.15, 0.2) is 0 Å². The van der Waals surface area contributed by atoms with Crippen molar-refractivity contribution in [3.63, 3.8) is 0 Å². The topological polar surface area (TPSA) is 3.24 Å². The van der Waals surface area contributed by atoms with Crippen LogP contribution < -0.4 is 4.90 Å². The van der Waals surface area contributed by atoms with Gasteiger partial charge in [-0.05, 0) is 122 Å². The average molecular weight is 771 g/mol. The number of allylic oxidation sites excluding steroid dienone is 5. The molecule has 2 heteroatoms. The number of hydrogen-bond acceptors (Lipinski definition) is 1. The van der Waals surface area contributed by atoms with Crippen molar-refractivity contribution in [3.8, 4) is 11.1 Å². The van der Waals surface area contributed by atoms with E-state index in [1.807, 2.05) is 0 Å². The molecule has 55 heavy (non-hydrogen) atoms. The molecule has 3 aliphatic carbocycles. The van der Waals surface area contributed by atoms with Crippen molar-refractivity contribution in [1.82, 2.24) is 0 Å². The molecule has 3 unspecified atom stereocenters. The van der Waals surface area contributed by atoms with Gasteiger partial charge in [-0.15, -0.1) is 0 Å². The standard InChI is InChI=1S/C53H40BrN/c54-43-24-27-46-45-26-21-40(33-49(45)53(50(46)34-43,41-16-6-2-7-17-41)42-18-8-3-9-19-42)39-23-29-52-48(32-39)47-31-38(35-12-4-1-5-13-35)22-28-51(47)55(52)44-25-20-36-14-10-11-15-37(36)30-44/h1-4,6-12,14-31,33-34,39,48,52H,5,13,32H2. The number of fused-ring (bicyclic) bond motifs is 7. The molecule has 0 fully saturated rings. The molecule has 1 nitrogen and oxygen atoms in total. The number of benzene rings is 7. The maximum Gasteiger partial charge on any atom is 0.0714 e. The summed E-state index contributed by atoms with van der Waals surface area (Å²) in [7, 11) is 0. The number of anilines is 2. The van der Waals surface area contributed by atoms with Gasteiger partial charge in [-0.1, -0.05) is 168 Å². The highest BCUT2D eigenvalue weighted by Crippen LogP contribution is 2.58. The zero-order chi connectivity index (χ0) is 36.5. The molecule has 0 amide bonds. The van der Waals surface area contributed by atoms with Gasteiger partial charge in [0.1, 0.15) is 0 Å². The Bertz CT molecular complexity index is 2680. The molecule has 11 rings (SSSR count). The van der Waals surface area contributed by atoms with E-state index in [9.17, 15) is 0 Å². The Morgan fingerprint density at radius 2 is 1.35 bits per heavy atom. The van der Waals surface area contributed by atoms with Crippen LogP contribution in [0.5, 0.6) is 0 Å². The van der Waals surface area contributed by atoms with Crippen molar-refractivity contribution < 1.29 is 0 Å². The normalized spacial score (nSPS) is 20.1. The minimum Gasteiger partial charge on any atom is -0.334 e. The van der Waals surface area contributed by atoms with Crippen LogP contribution in [-0.2, 0) is 5.41 Å². The van der Waals surface area contributed by atoms with Crippen LogP contribution in [0.3, 0.4) is 0 Å². The van der Waals surface area contributed by atoms with Crippen LogP contribution in [0.4, 0.5) is 11.4 Å². The number of rotatable bonds is 5. The minimum absolute atomic E-state index is 0.256. The molecule has 7 aromatic rings. The summed E-state index contributed by atoms with van der Waals surface area (Å²) >= 11 is 3.87. The van der Waals surface area contributed by atoms with Crippen molar-refractivity contribution in [1.29, 1.82) is 0 Å². The van der Waals surface area contributed by atoms with Crippen molar-refractivity contribution in [2.45, 2.75) is 42.6 Å². The lowest BCUT2D eigenvalue weighted by Crippen LogP contribution is -2.31. The first-order valence-electron chi connectivity index (χ1n) is 19.7.